The fourth-order valence-electron chi connectivity index (χ4n) is 8.27. The van der Waals surface area contributed by atoms with E-state index in [9.17, 15) is 0 Å². The topological polar surface area (TPSA) is 56.5 Å². The predicted octanol–water partition coefficient (Wildman–Crippen LogP) is 14.2. The van der Waals surface area contributed by atoms with E-state index in [1.54, 1.807) is 23.7 Å². The molecular formula is C54H55IrN5SSi-2. The molecule has 9 rings (SSSR count). The second-order valence-electron chi connectivity index (χ2n) is 18.2. The summed E-state index contributed by atoms with van der Waals surface area (Å²) in [7, 11) is -1.35. The normalized spacial score (nSPS) is 11.8. The predicted molar refractivity (Wildman–Crippen MR) is 262 cm³/mol. The second kappa shape index (κ2) is 18.7. The van der Waals surface area contributed by atoms with E-state index in [2.05, 4.69) is 191 Å². The van der Waals surface area contributed by atoms with Crippen LogP contribution in [0.5, 0.6) is 0 Å². The van der Waals surface area contributed by atoms with Crippen LogP contribution in [0.15, 0.2) is 122 Å². The number of para-hydroxylation sites is 2. The Hall–Kier alpha value is -5.11. The zero-order chi connectivity index (χ0) is 43.0. The van der Waals surface area contributed by atoms with Crippen molar-refractivity contribution in [3.05, 3.63) is 156 Å². The minimum absolute atomic E-state index is 0. The summed E-state index contributed by atoms with van der Waals surface area (Å²) in [5.74, 6) is 2.22. The van der Waals surface area contributed by atoms with Crippen LogP contribution in [0, 0.1) is 25.0 Å². The third-order valence-corrected chi connectivity index (χ3v) is 14.4. The van der Waals surface area contributed by atoms with E-state index in [1.165, 1.54) is 54.2 Å². The van der Waals surface area contributed by atoms with E-state index in [-0.39, 0.29) is 20.1 Å². The number of hydrogen-bond donors (Lipinski definition) is 0. The third kappa shape index (κ3) is 9.30. The summed E-state index contributed by atoms with van der Waals surface area (Å²) < 4.78 is 3.59. The first-order valence-electron chi connectivity index (χ1n) is 21.5. The third-order valence-electron chi connectivity index (χ3n) is 11.3. The van der Waals surface area contributed by atoms with E-state index >= 15 is 0 Å². The molecule has 317 valence electrons. The summed E-state index contributed by atoms with van der Waals surface area (Å²) in [5, 5.41) is 3.87. The quantitative estimate of drug-likeness (QED) is 0.107. The van der Waals surface area contributed by atoms with Crippen LogP contribution in [0.25, 0.3) is 70.8 Å². The van der Waals surface area contributed by atoms with Gasteiger partial charge in [-0.25, -0.2) is 4.98 Å². The van der Waals surface area contributed by atoms with Crippen LogP contribution in [-0.2, 0) is 26.5 Å². The number of hydrogen-bond acceptors (Lipinski definition) is 5. The molecule has 62 heavy (non-hydrogen) atoms. The van der Waals surface area contributed by atoms with E-state index in [0.717, 1.165) is 50.6 Å². The molecule has 0 aliphatic carbocycles. The Kier molecular flexibility index (Phi) is 13.5. The number of aryl methyl sites for hydroxylation is 1. The maximum atomic E-state index is 5.25. The molecule has 0 aliphatic heterocycles. The van der Waals surface area contributed by atoms with Crippen molar-refractivity contribution in [2.45, 2.75) is 86.4 Å². The summed E-state index contributed by atoms with van der Waals surface area (Å²) in [6.07, 6.45) is 6.70. The molecule has 9 aromatic rings. The SMILES string of the molecule is CC(C)Cc1cc(-c2[c-]cncc2)ncc1[Si](C)(C)C.Cc1ccc2c(n1)sc1c[c-]c(-c3nc4ccccc4n3-c3c(C(C)C)cc(-c4ccccc4)cc3C(C)C)cc12.[Ir]. The molecule has 0 unspecified atom stereocenters. The summed E-state index contributed by atoms with van der Waals surface area (Å²) in [5.41, 5.74) is 14.0. The number of nitrogens with zero attached hydrogens (tertiary/aromatic N) is 5. The smallest absolute Gasteiger partial charge is 0.114 e. The summed E-state index contributed by atoms with van der Waals surface area (Å²) >= 11 is 1.73. The van der Waals surface area contributed by atoms with E-state index in [1.807, 2.05) is 13.0 Å². The molecular weight excluding hydrogens is 971 g/mol. The van der Waals surface area contributed by atoms with Crippen molar-refractivity contribution in [3.63, 3.8) is 0 Å². The van der Waals surface area contributed by atoms with Gasteiger partial charge in [0.1, 0.15) is 4.83 Å². The Balaban J connectivity index is 0.000000233. The standard InChI is InChI=1S/C37H32N3S.C17H23N2Si.Ir/c1-22(2)29-20-27(25-11-7-6-8-12-25)21-30(23(3)4)35(29)40-33-14-10-9-13-32(33)39-36(40)26-16-18-34-31(19-26)28-17-15-24(5)38-37(28)41-34;1-13(2)10-15-11-16(14-6-8-18-9-7-14)19-12-17(15)20(3,4)5;/h6-15,17-23H,1-5H3;6,8-9,11-13H,10H2,1-5H3;/q2*-1;. The van der Waals surface area contributed by atoms with Gasteiger partial charge in [0.2, 0.25) is 0 Å². The average Bonchev–Trinajstić information content (AvgIpc) is 3.81. The molecule has 4 aromatic carbocycles. The van der Waals surface area contributed by atoms with E-state index in [0.29, 0.717) is 17.8 Å². The molecule has 0 fully saturated rings. The number of thiophene rings is 1. The first kappa shape index (κ1) is 44.9. The van der Waals surface area contributed by atoms with Gasteiger partial charge in [-0.3, -0.25) is 9.97 Å². The molecule has 0 aliphatic rings. The monoisotopic (exact) mass is 1030 g/mol. The van der Waals surface area contributed by atoms with Crippen molar-refractivity contribution in [3.8, 4) is 39.5 Å². The molecule has 0 amide bonds. The number of benzene rings is 4. The maximum absolute atomic E-state index is 5.25. The van der Waals surface area contributed by atoms with Crippen LogP contribution in [0.2, 0.25) is 19.6 Å². The summed E-state index contributed by atoms with van der Waals surface area (Å²) in [6.45, 7) is 22.9. The fourth-order valence-corrected chi connectivity index (χ4v) is 10.9. The van der Waals surface area contributed by atoms with Gasteiger partial charge in [0.25, 0.3) is 0 Å². The zero-order valence-corrected chi connectivity index (χ0v) is 41.7. The molecule has 5 aromatic heterocycles. The molecule has 0 bridgehead atoms. The van der Waals surface area contributed by atoms with Gasteiger partial charge in [-0.1, -0.05) is 127 Å². The first-order valence-corrected chi connectivity index (χ1v) is 25.8. The minimum Gasteiger partial charge on any atom is -0.333 e. The molecule has 1 radical (unpaired) electrons. The van der Waals surface area contributed by atoms with Gasteiger partial charge in [-0.2, -0.15) is 23.0 Å². The van der Waals surface area contributed by atoms with Crippen molar-refractivity contribution in [2.75, 3.05) is 0 Å². The van der Waals surface area contributed by atoms with Crippen molar-refractivity contribution in [1.29, 1.82) is 0 Å². The van der Waals surface area contributed by atoms with Gasteiger partial charge in [0, 0.05) is 37.7 Å². The maximum Gasteiger partial charge on any atom is 0.114 e. The molecule has 0 spiro atoms. The minimum atomic E-state index is -1.35. The van der Waals surface area contributed by atoms with Crippen molar-refractivity contribution >= 4 is 55.9 Å². The summed E-state index contributed by atoms with van der Waals surface area (Å²) in [6, 6.07) is 43.6. The molecule has 0 atom stereocenters. The van der Waals surface area contributed by atoms with Crippen molar-refractivity contribution in [2.24, 2.45) is 5.92 Å². The Morgan fingerprint density at radius 1 is 0.726 bits per heavy atom. The van der Waals surface area contributed by atoms with Crippen LogP contribution in [0.3, 0.4) is 0 Å². The van der Waals surface area contributed by atoms with Crippen LogP contribution < -0.4 is 5.19 Å². The Morgan fingerprint density at radius 3 is 2.10 bits per heavy atom. The molecule has 0 N–H and O–H groups in total. The van der Waals surface area contributed by atoms with E-state index < -0.39 is 8.07 Å². The van der Waals surface area contributed by atoms with Gasteiger partial charge in [0.15, 0.2) is 0 Å². The molecule has 0 saturated carbocycles. The van der Waals surface area contributed by atoms with Gasteiger partial charge in [0.05, 0.1) is 24.9 Å². The first-order chi connectivity index (χ1) is 29.3. The number of fused-ring (bicyclic) bond motifs is 4. The van der Waals surface area contributed by atoms with Crippen molar-refractivity contribution in [1.82, 2.24) is 24.5 Å². The largest absolute Gasteiger partial charge is 0.333 e. The van der Waals surface area contributed by atoms with Crippen LogP contribution in [0.4, 0.5) is 0 Å². The van der Waals surface area contributed by atoms with E-state index in [4.69, 9.17) is 9.97 Å². The van der Waals surface area contributed by atoms with Crippen LogP contribution in [0.1, 0.15) is 75.8 Å². The van der Waals surface area contributed by atoms with Gasteiger partial charge in [-0.05, 0) is 117 Å². The number of imidazole rings is 1. The van der Waals surface area contributed by atoms with Crippen LogP contribution in [-0.4, -0.2) is 32.6 Å². The van der Waals surface area contributed by atoms with Gasteiger partial charge in [-0.15, -0.1) is 29.8 Å². The average molecular weight is 1030 g/mol. The molecule has 0 saturated heterocycles. The summed E-state index contributed by atoms with van der Waals surface area (Å²) in [4.78, 5) is 19.8. The fraction of sp³-hybridized carbons (Fsp3) is 0.259. The molecule has 5 nitrogen and oxygen atoms in total. The van der Waals surface area contributed by atoms with Crippen molar-refractivity contribution < 1.29 is 20.1 Å². The number of pyridine rings is 3. The Bertz CT molecular complexity index is 2950. The van der Waals surface area contributed by atoms with Gasteiger partial charge >= 0.3 is 0 Å². The molecule has 8 heteroatoms. The zero-order valence-electron chi connectivity index (χ0n) is 37.5. The molecule has 5 heterocycles. The second-order valence-corrected chi connectivity index (χ2v) is 24.3. The number of rotatable bonds is 9. The van der Waals surface area contributed by atoms with Gasteiger partial charge < -0.3 is 9.55 Å². The Morgan fingerprint density at radius 2 is 1.44 bits per heavy atom. The van der Waals surface area contributed by atoms with Crippen LogP contribution >= 0.6 is 11.3 Å². The number of aromatic nitrogens is 5. The Labute approximate surface area is 386 Å².